The van der Waals surface area contributed by atoms with Crippen LogP contribution < -0.4 is 4.90 Å². The molecule has 1 fully saturated rings. The molecule has 1 aromatic heterocycles. The van der Waals surface area contributed by atoms with Crippen LogP contribution in [-0.4, -0.2) is 88.2 Å². The number of sulfonamides is 1. The standard InChI is InChI=1S/C24H30ClFN4O4S2/c1-16(21-8-9-22(25)35-21)15-36(33,34)30(13-12-27(2)3)20-10-11-29(24(20)32)19-7-6-17(14-18(19)26)23(31)28(4)5/h6-9,14-15,20H,10-13H2,1-5H3/b16-15+/t20-/m0/s1. The van der Waals surface area contributed by atoms with Crippen LogP contribution in [0.5, 0.6) is 0 Å². The Morgan fingerprint density at radius 3 is 2.44 bits per heavy atom. The van der Waals surface area contributed by atoms with E-state index in [0.717, 1.165) is 11.5 Å². The Kier molecular flexibility index (Phi) is 8.94. The van der Waals surface area contributed by atoms with Crippen molar-refractivity contribution in [2.75, 3.05) is 52.7 Å². The van der Waals surface area contributed by atoms with Crippen molar-refractivity contribution >= 4 is 56.0 Å². The number of likely N-dealkylation sites (N-methyl/N-ethyl adjacent to an activating group) is 1. The maximum absolute atomic E-state index is 15.0. The van der Waals surface area contributed by atoms with Crippen LogP contribution in [0.25, 0.3) is 5.57 Å². The summed E-state index contributed by atoms with van der Waals surface area (Å²) in [4.78, 5) is 30.7. The van der Waals surface area contributed by atoms with Crippen molar-refractivity contribution < 1.29 is 22.4 Å². The Labute approximate surface area is 220 Å². The minimum Gasteiger partial charge on any atom is -0.345 e. The molecule has 0 aliphatic carbocycles. The predicted octanol–water partition coefficient (Wildman–Crippen LogP) is 3.60. The summed E-state index contributed by atoms with van der Waals surface area (Å²) >= 11 is 7.26. The van der Waals surface area contributed by atoms with Gasteiger partial charge in [-0.3, -0.25) is 9.59 Å². The van der Waals surface area contributed by atoms with Gasteiger partial charge in [0.05, 0.1) is 15.4 Å². The number of amides is 2. The minimum atomic E-state index is -4.00. The van der Waals surface area contributed by atoms with E-state index < -0.39 is 27.8 Å². The zero-order chi connectivity index (χ0) is 26.8. The second-order valence-corrected chi connectivity index (χ2v) is 12.5. The number of anilines is 1. The molecule has 0 N–H and O–H groups in total. The van der Waals surface area contributed by atoms with Gasteiger partial charge in [0.15, 0.2) is 0 Å². The van der Waals surface area contributed by atoms with Gasteiger partial charge >= 0.3 is 0 Å². The normalized spacial score (nSPS) is 16.9. The number of carbonyl (C=O) groups excluding carboxylic acids is 2. The molecule has 1 saturated heterocycles. The molecule has 2 amide bonds. The van der Waals surface area contributed by atoms with Gasteiger partial charge in [0.25, 0.3) is 5.91 Å². The first-order valence-corrected chi connectivity index (χ1v) is 13.9. The molecule has 1 aromatic carbocycles. The number of hydrogen-bond donors (Lipinski definition) is 0. The van der Waals surface area contributed by atoms with E-state index in [1.54, 1.807) is 33.2 Å². The van der Waals surface area contributed by atoms with Crippen LogP contribution in [0.1, 0.15) is 28.6 Å². The highest BCUT2D eigenvalue weighted by Crippen LogP contribution is 2.31. The zero-order valence-corrected chi connectivity index (χ0v) is 23.3. The summed E-state index contributed by atoms with van der Waals surface area (Å²) in [5, 5.41) is 1.16. The van der Waals surface area contributed by atoms with Gasteiger partial charge < -0.3 is 14.7 Å². The van der Waals surface area contributed by atoms with E-state index in [1.807, 2.05) is 19.0 Å². The van der Waals surface area contributed by atoms with E-state index in [9.17, 15) is 22.4 Å². The molecule has 0 spiro atoms. The van der Waals surface area contributed by atoms with E-state index in [-0.39, 0.29) is 36.7 Å². The van der Waals surface area contributed by atoms with E-state index in [0.29, 0.717) is 21.3 Å². The van der Waals surface area contributed by atoms with Crippen LogP contribution in [0, 0.1) is 5.82 Å². The van der Waals surface area contributed by atoms with Gasteiger partial charge in [-0.05, 0) is 63.3 Å². The summed E-state index contributed by atoms with van der Waals surface area (Å²) in [6, 6.07) is 6.40. The molecule has 0 radical (unpaired) electrons. The molecular formula is C24H30ClFN4O4S2. The average molecular weight is 557 g/mol. The molecule has 0 unspecified atom stereocenters. The van der Waals surface area contributed by atoms with Crippen molar-refractivity contribution in [3.63, 3.8) is 0 Å². The summed E-state index contributed by atoms with van der Waals surface area (Å²) in [5.41, 5.74) is 0.688. The molecule has 3 rings (SSSR count). The van der Waals surface area contributed by atoms with Crippen molar-refractivity contribution in [3.8, 4) is 0 Å². The number of nitrogens with zero attached hydrogens (tertiary/aromatic N) is 4. The van der Waals surface area contributed by atoms with Crippen LogP contribution in [0.15, 0.2) is 35.7 Å². The zero-order valence-electron chi connectivity index (χ0n) is 20.9. The second-order valence-electron chi connectivity index (χ2n) is 9.02. The second kappa shape index (κ2) is 11.4. The molecule has 2 aromatic rings. The first-order valence-electron chi connectivity index (χ1n) is 11.2. The summed E-state index contributed by atoms with van der Waals surface area (Å²) in [6.45, 7) is 2.32. The maximum atomic E-state index is 15.0. The van der Waals surface area contributed by atoms with Gasteiger partial charge in [0, 0.05) is 44.2 Å². The molecule has 0 saturated carbocycles. The smallest absolute Gasteiger partial charge is 0.253 e. The number of thiophene rings is 1. The molecule has 12 heteroatoms. The molecular weight excluding hydrogens is 527 g/mol. The number of rotatable bonds is 9. The maximum Gasteiger partial charge on any atom is 0.253 e. The third kappa shape index (κ3) is 6.33. The van der Waals surface area contributed by atoms with Crippen LogP contribution in [-0.2, 0) is 14.8 Å². The van der Waals surface area contributed by atoms with Gasteiger partial charge in [-0.25, -0.2) is 12.8 Å². The lowest BCUT2D eigenvalue weighted by Gasteiger charge is -2.27. The number of halogens is 2. The minimum absolute atomic E-state index is 0.0164. The van der Waals surface area contributed by atoms with Crippen LogP contribution in [0.2, 0.25) is 4.34 Å². The van der Waals surface area contributed by atoms with Crippen molar-refractivity contribution in [1.82, 2.24) is 14.1 Å². The summed E-state index contributed by atoms with van der Waals surface area (Å²) < 4.78 is 43.6. The van der Waals surface area contributed by atoms with Crippen LogP contribution >= 0.6 is 22.9 Å². The molecule has 1 aliphatic rings. The fourth-order valence-corrected chi connectivity index (χ4v) is 6.61. The van der Waals surface area contributed by atoms with E-state index in [1.165, 1.54) is 37.6 Å². The van der Waals surface area contributed by atoms with Crippen molar-refractivity contribution in [3.05, 3.63) is 56.3 Å². The Hall–Kier alpha value is -2.31. The summed E-state index contributed by atoms with van der Waals surface area (Å²) in [5.74, 6) is -1.58. The highest BCUT2D eigenvalue weighted by atomic mass is 35.5. The molecule has 0 bridgehead atoms. The van der Waals surface area contributed by atoms with Crippen LogP contribution in [0.3, 0.4) is 0 Å². The lowest BCUT2D eigenvalue weighted by atomic mass is 10.1. The van der Waals surface area contributed by atoms with Gasteiger partial charge in [-0.15, -0.1) is 11.3 Å². The number of benzene rings is 1. The first-order chi connectivity index (χ1) is 16.8. The van der Waals surface area contributed by atoms with E-state index in [2.05, 4.69) is 0 Å². The third-order valence-corrected chi connectivity index (χ3v) is 8.91. The highest BCUT2D eigenvalue weighted by Gasteiger charge is 2.42. The first kappa shape index (κ1) is 28.3. The topological polar surface area (TPSA) is 81.2 Å². The average Bonchev–Trinajstić information content (AvgIpc) is 3.38. The summed E-state index contributed by atoms with van der Waals surface area (Å²) in [6.07, 6.45) is 0.209. The van der Waals surface area contributed by atoms with Gasteiger partial charge in [-0.2, -0.15) is 4.31 Å². The quantitative estimate of drug-likeness (QED) is 0.471. The third-order valence-electron chi connectivity index (χ3n) is 5.80. The Morgan fingerprint density at radius 2 is 1.89 bits per heavy atom. The molecule has 1 atom stereocenters. The largest absolute Gasteiger partial charge is 0.345 e. The number of allylic oxidation sites excluding steroid dienone is 1. The van der Waals surface area contributed by atoms with Gasteiger partial charge in [0.2, 0.25) is 15.9 Å². The molecule has 1 aliphatic heterocycles. The Bertz CT molecular complexity index is 1280. The molecule has 2 heterocycles. The monoisotopic (exact) mass is 556 g/mol. The predicted molar refractivity (Wildman–Crippen MR) is 142 cm³/mol. The highest BCUT2D eigenvalue weighted by molar-refractivity contribution is 7.92. The molecule has 36 heavy (non-hydrogen) atoms. The van der Waals surface area contributed by atoms with E-state index in [4.69, 9.17) is 11.6 Å². The van der Waals surface area contributed by atoms with Crippen molar-refractivity contribution in [2.24, 2.45) is 0 Å². The molecule has 196 valence electrons. The fourth-order valence-electron chi connectivity index (χ4n) is 3.92. The Balaban J connectivity index is 1.91. The fraction of sp³-hybridized carbons (Fsp3) is 0.417. The van der Waals surface area contributed by atoms with Gasteiger partial charge in [-0.1, -0.05) is 11.6 Å². The summed E-state index contributed by atoms with van der Waals surface area (Å²) in [7, 11) is 2.76. The lowest BCUT2D eigenvalue weighted by Crippen LogP contribution is -2.47. The van der Waals surface area contributed by atoms with Crippen LogP contribution in [0.4, 0.5) is 10.1 Å². The number of carbonyl (C=O) groups is 2. The Morgan fingerprint density at radius 1 is 1.19 bits per heavy atom. The van der Waals surface area contributed by atoms with Crippen molar-refractivity contribution in [2.45, 2.75) is 19.4 Å². The lowest BCUT2D eigenvalue weighted by molar-refractivity contribution is -0.120. The number of hydrogen-bond acceptors (Lipinski definition) is 6. The van der Waals surface area contributed by atoms with E-state index >= 15 is 0 Å². The van der Waals surface area contributed by atoms with Crippen molar-refractivity contribution in [1.29, 1.82) is 0 Å². The molecule has 8 nitrogen and oxygen atoms in total. The van der Waals surface area contributed by atoms with Gasteiger partial charge in [0.1, 0.15) is 11.9 Å². The SMILES string of the molecule is C/C(=C\S(=O)(=O)N(CCN(C)C)[C@H]1CCN(c2ccc(C(=O)N(C)C)cc2F)C1=O)c1ccc(Cl)s1.